The molecule has 2 aromatic rings. The summed E-state index contributed by atoms with van der Waals surface area (Å²) in [4.78, 5) is 16.8. The maximum absolute atomic E-state index is 15.3. The third-order valence-corrected chi connectivity index (χ3v) is 5.65. The van der Waals surface area contributed by atoms with E-state index >= 15 is 4.39 Å². The number of nitrogens with zero attached hydrogens (tertiary/aromatic N) is 1. The van der Waals surface area contributed by atoms with Crippen LogP contribution in [0.1, 0.15) is 57.6 Å². The predicted molar refractivity (Wildman–Crippen MR) is 105 cm³/mol. The van der Waals surface area contributed by atoms with Crippen LogP contribution in [0.2, 0.25) is 0 Å². The highest BCUT2D eigenvalue weighted by Gasteiger charge is 2.31. The van der Waals surface area contributed by atoms with E-state index in [9.17, 15) is 9.18 Å². The van der Waals surface area contributed by atoms with Crippen LogP contribution in [0.15, 0.2) is 10.7 Å². The normalized spacial score (nSPS) is 16.2. The standard InChI is InChI=1S/C20H25BrF2N2O2/c1-5-12-16-14(24-18(12)21)10-13(22)15(17(16)23)11-6-8-25(9-7-11)19(26)27-20(2,3)4/h10-11,24H,5-9H2,1-4H3. The Hall–Kier alpha value is -1.63. The van der Waals surface area contributed by atoms with E-state index < -0.39 is 17.2 Å². The molecule has 7 heteroatoms. The van der Waals surface area contributed by atoms with E-state index in [-0.39, 0.29) is 17.6 Å². The molecule has 3 rings (SSSR count). The Labute approximate surface area is 166 Å². The molecule has 148 valence electrons. The minimum Gasteiger partial charge on any atom is -0.444 e. The third kappa shape index (κ3) is 3.98. The average molecular weight is 443 g/mol. The van der Waals surface area contributed by atoms with Crippen LogP contribution in [0.3, 0.4) is 0 Å². The molecule has 1 aliphatic heterocycles. The molecule has 1 fully saturated rings. The van der Waals surface area contributed by atoms with E-state index in [1.807, 2.05) is 27.7 Å². The second-order valence-electron chi connectivity index (χ2n) is 8.02. The fourth-order valence-corrected chi connectivity index (χ4v) is 4.41. The second kappa shape index (κ2) is 7.41. The Morgan fingerprint density at radius 3 is 2.52 bits per heavy atom. The Kier molecular flexibility index (Phi) is 5.52. The predicted octanol–water partition coefficient (Wildman–Crippen LogP) is 5.89. The number of nitrogens with one attached hydrogen (secondary N) is 1. The van der Waals surface area contributed by atoms with E-state index in [4.69, 9.17) is 4.74 Å². The lowest BCUT2D eigenvalue weighted by Crippen LogP contribution is -2.41. The van der Waals surface area contributed by atoms with Gasteiger partial charge in [0.15, 0.2) is 0 Å². The minimum absolute atomic E-state index is 0.132. The zero-order valence-corrected chi connectivity index (χ0v) is 17.7. The Bertz CT molecular complexity index is 865. The summed E-state index contributed by atoms with van der Waals surface area (Å²) in [5, 5.41) is 0.454. The first kappa shape index (κ1) is 20.1. The van der Waals surface area contributed by atoms with Gasteiger partial charge in [-0.2, -0.15) is 0 Å². The van der Waals surface area contributed by atoms with Crippen LogP contribution in [0, 0.1) is 11.6 Å². The number of piperidine rings is 1. The fraction of sp³-hybridized carbons (Fsp3) is 0.550. The molecule has 1 aliphatic rings. The Balaban J connectivity index is 1.84. The topological polar surface area (TPSA) is 45.3 Å². The van der Waals surface area contributed by atoms with E-state index in [1.165, 1.54) is 6.07 Å². The zero-order chi connectivity index (χ0) is 19.9. The largest absolute Gasteiger partial charge is 0.444 e. The monoisotopic (exact) mass is 442 g/mol. The number of aryl methyl sites for hydroxylation is 1. The number of benzene rings is 1. The quantitative estimate of drug-likeness (QED) is 0.630. The van der Waals surface area contributed by atoms with Gasteiger partial charge in [-0.05, 0) is 73.5 Å². The van der Waals surface area contributed by atoms with E-state index in [2.05, 4.69) is 20.9 Å². The molecule has 2 heterocycles. The summed E-state index contributed by atoms with van der Waals surface area (Å²) in [5.41, 5.74) is 0.848. The van der Waals surface area contributed by atoms with Gasteiger partial charge in [-0.3, -0.25) is 0 Å². The highest BCUT2D eigenvalue weighted by Crippen LogP contribution is 2.38. The minimum atomic E-state index is -0.560. The van der Waals surface area contributed by atoms with Crippen LogP contribution in [-0.2, 0) is 11.2 Å². The van der Waals surface area contributed by atoms with Gasteiger partial charge in [0.2, 0.25) is 0 Å². The number of ether oxygens (including phenoxy) is 1. The number of H-pyrrole nitrogens is 1. The molecule has 0 bridgehead atoms. The molecule has 1 saturated heterocycles. The van der Waals surface area contributed by atoms with Gasteiger partial charge in [-0.1, -0.05) is 6.92 Å². The number of fused-ring (bicyclic) bond motifs is 1. The fourth-order valence-electron chi connectivity index (χ4n) is 3.71. The lowest BCUT2D eigenvalue weighted by molar-refractivity contribution is 0.0204. The smallest absolute Gasteiger partial charge is 0.410 e. The molecule has 4 nitrogen and oxygen atoms in total. The van der Waals surface area contributed by atoms with Crippen molar-refractivity contribution in [1.82, 2.24) is 9.88 Å². The van der Waals surface area contributed by atoms with Crippen LogP contribution in [-0.4, -0.2) is 34.7 Å². The van der Waals surface area contributed by atoms with Crippen molar-refractivity contribution in [3.8, 4) is 0 Å². The van der Waals surface area contributed by atoms with E-state index in [0.29, 0.717) is 47.9 Å². The van der Waals surface area contributed by atoms with Crippen LogP contribution in [0.25, 0.3) is 10.9 Å². The van der Waals surface area contributed by atoms with Crippen molar-refractivity contribution < 1.29 is 18.3 Å². The van der Waals surface area contributed by atoms with E-state index in [1.54, 1.807) is 4.90 Å². The van der Waals surface area contributed by atoms with Crippen molar-refractivity contribution in [1.29, 1.82) is 0 Å². The number of aromatic amines is 1. The van der Waals surface area contributed by atoms with Gasteiger partial charge in [0.25, 0.3) is 0 Å². The number of rotatable bonds is 2. The highest BCUT2D eigenvalue weighted by molar-refractivity contribution is 9.10. The first-order valence-corrected chi connectivity index (χ1v) is 10.1. The summed E-state index contributed by atoms with van der Waals surface area (Å²) in [7, 11) is 0. The number of hydrogen-bond acceptors (Lipinski definition) is 2. The van der Waals surface area contributed by atoms with Crippen molar-refractivity contribution in [2.24, 2.45) is 0 Å². The molecule has 1 aromatic carbocycles. The number of amides is 1. The van der Waals surface area contributed by atoms with Gasteiger partial charge in [-0.25, -0.2) is 13.6 Å². The number of aromatic nitrogens is 1. The molecule has 0 aliphatic carbocycles. The van der Waals surface area contributed by atoms with Gasteiger partial charge in [0.05, 0.1) is 10.1 Å². The van der Waals surface area contributed by atoms with Gasteiger partial charge in [-0.15, -0.1) is 0 Å². The van der Waals surface area contributed by atoms with Crippen LogP contribution in [0.4, 0.5) is 13.6 Å². The van der Waals surface area contributed by atoms with Gasteiger partial charge in [0, 0.05) is 24.0 Å². The Morgan fingerprint density at radius 2 is 1.96 bits per heavy atom. The lowest BCUT2D eigenvalue weighted by atomic mass is 9.87. The summed E-state index contributed by atoms with van der Waals surface area (Å²) >= 11 is 3.39. The number of likely N-dealkylation sites (tertiary alicyclic amines) is 1. The third-order valence-electron chi connectivity index (χ3n) is 4.97. The summed E-state index contributed by atoms with van der Waals surface area (Å²) in [6.07, 6.45) is 1.27. The molecule has 1 aromatic heterocycles. The van der Waals surface area contributed by atoms with Crippen molar-refractivity contribution >= 4 is 32.9 Å². The van der Waals surface area contributed by atoms with Gasteiger partial charge >= 0.3 is 6.09 Å². The zero-order valence-electron chi connectivity index (χ0n) is 16.1. The van der Waals surface area contributed by atoms with Crippen LogP contribution in [0.5, 0.6) is 0 Å². The van der Waals surface area contributed by atoms with E-state index in [0.717, 1.165) is 5.56 Å². The number of halogens is 3. The van der Waals surface area contributed by atoms with Crippen LogP contribution < -0.4 is 0 Å². The summed E-state index contributed by atoms with van der Waals surface area (Å²) < 4.78 is 36.1. The maximum atomic E-state index is 15.3. The highest BCUT2D eigenvalue weighted by atomic mass is 79.9. The number of carbonyl (C=O) groups excluding carboxylic acids is 1. The Morgan fingerprint density at radius 1 is 1.33 bits per heavy atom. The second-order valence-corrected chi connectivity index (χ2v) is 8.81. The van der Waals surface area contributed by atoms with Crippen molar-refractivity contribution in [3.63, 3.8) is 0 Å². The first-order valence-electron chi connectivity index (χ1n) is 9.28. The molecule has 27 heavy (non-hydrogen) atoms. The van der Waals surface area contributed by atoms with Crippen molar-refractivity contribution in [3.05, 3.63) is 33.4 Å². The summed E-state index contributed by atoms with van der Waals surface area (Å²) in [6, 6.07) is 1.37. The number of carbonyl (C=O) groups is 1. The maximum Gasteiger partial charge on any atom is 0.410 e. The van der Waals surface area contributed by atoms with Crippen molar-refractivity contribution in [2.45, 2.75) is 58.5 Å². The molecule has 0 radical (unpaired) electrons. The first-order chi connectivity index (χ1) is 12.6. The molecule has 1 N–H and O–H groups in total. The van der Waals surface area contributed by atoms with Gasteiger partial charge in [0.1, 0.15) is 17.2 Å². The number of hydrogen-bond donors (Lipinski definition) is 1. The summed E-state index contributed by atoms with van der Waals surface area (Å²) in [5.74, 6) is -1.28. The molecular weight excluding hydrogens is 418 g/mol. The lowest BCUT2D eigenvalue weighted by Gasteiger charge is -2.33. The van der Waals surface area contributed by atoms with Crippen molar-refractivity contribution in [2.75, 3.05) is 13.1 Å². The molecule has 0 atom stereocenters. The molecule has 0 spiro atoms. The molecule has 0 saturated carbocycles. The molecule has 1 amide bonds. The van der Waals surface area contributed by atoms with Crippen LogP contribution >= 0.6 is 15.9 Å². The SMILES string of the molecule is CCc1c(Br)[nH]c2cc(F)c(C3CCN(C(=O)OC(C)(C)C)CC3)c(F)c12. The molecular formula is C20H25BrF2N2O2. The molecule has 0 unspecified atom stereocenters. The average Bonchev–Trinajstić information content (AvgIpc) is 2.89. The van der Waals surface area contributed by atoms with Gasteiger partial charge < -0.3 is 14.6 Å². The summed E-state index contributed by atoms with van der Waals surface area (Å²) in [6.45, 7) is 8.24.